The van der Waals surface area contributed by atoms with Crippen LogP contribution < -0.4 is 0 Å². The molecule has 2 heteroatoms. The molecule has 2 rings (SSSR count). The van der Waals surface area contributed by atoms with Crippen LogP contribution in [-0.4, -0.2) is 17.0 Å². The predicted molar refractivity (Wildman–Crippen MR) is 78.6 cm³/mol. The summed E-state index contributed by atoms with van der Waals surface area (Å²) in [7, 11) is 0. The molecule has 0 bridgehead atoms. The number of rotatable bonds is 3. The molecule has 0 spiro atoms. The van der Waals surface area contributed by atoms with E-state index in [0.717, 1.165) is 6.54 Å². The van der Waals surface area contributed by atoms with Crippen LogP contribution in [-0.2, 0) is 0 Å². The molecule has 19 heavy (non-hydrogen) atoms. The van der Waals surface area contributed by atoms with Gasteiger partial charge in [0, 0.05) is 18.0 Å². The topological polar surface area (TPSA) is 27.0 Å². The fraction of sp³-hybridized carbons (Fsp3) is 0.588. The van der Waals surface area contributed by atoms with Crippen molar-refractivity contribution in [2.75, 3.05) is 6.54 Å². The van der Waals surface area contributed by atoms with Crippen LogP contribution in [0.2, 0.25) is 0 Å². The fourth-order valence-electron chi connectivity index (χ4n) is 3.45. The Morgan fingerprint density at radius 2 is 2.05 bits per heavy atom. The molecule has 1 aliphatic heterocycles. The first-order chi connectivity index (χ1) is 9.07. The molecule has 1 fully saturated rings. The molecule has 1 aromatic carbocycles. The van der Waals surface area contributed by atoms with E-state index in [9.17, 15) is 0 Å². The third-order valence-corrected chi connectivity index (χ3v) is 4.78. The van der Waals surface area contributed by atoms with Crippen molar-refractivity contribution in [3.8, 4) is 6.07 Å². The fourth-order valence-corrected chi connectivity index (χ4v) is 3.45. The molecule has 0 aliphatic carbocycles. The Morgan fingerprint density at radius 3 is 2.68 bits per heavy atom. The Bertz CT molecular complexity index is 444. The van der Waals surface area contributed by atoms with E-state index < -0.39 is 0 Å². The maximum absolute atomic E-state index is 9.02. The zero-order valence-corrected chi connectivity index (χ0v) is 12.3. The van der Waals surface area contributed by atoms with Crippen LogP contribution in [0.3, 0.4) is 0 Å². The van der Waals surface area contributed by atoms with E-state index >= 15 is 0 Å². The Hall–Kier alpha value is -1.33. The second-order valence-electron chi connectivity index (χ2n) is 6.14. The minimum atomic E-state index is 0.100. The monoisotopic (exact) mass is 256 g/mol. The summed E-state index contributed by atoms with van der Waals surface area (Å²) in [6, 6.07) is 13.5. The molecule has 0 aromatic heterocycles. The molecule has 2 unspecified atom stereocenters. The highest BCUT2D eigenvalue weighted by Gasteiger charge is 2.40. The van der Waals surface area contributed by atoms with Gasteiger partial charge in [0.05, 0.1) is 6.07 Å². The predicted octanol–water partition coefficient (Wildman–Crippen LogP) is 4.15. The van der Waals surface area contributed by atoms with Gasteiger partial charge in [-0.05, 0) is 51.6 Å². The smallest absolute Gasteiger partial charge is 0.0625 e. The summed E-state index contributed by atoms with van der Waals surface area (Å²) in [5, 5.41) is 9.02. The van der Waals surface area contributed by atoms with Gasteiger partial charge < -0.3 is 0 Å². The Morgan fingerprint density at radius 1 is 1.37 bits per heavy atom. The van der Waals surface area contributed by atoms with E-state index in [1.807, 2.05) is 0 Å². The molecule has 1 aromatic rings. The van der Waals surface area contributed by atoms with Gasteiger partial charge in [0.1, 0.15) is 0 Å². The number of hydrogen-bond donors (Lipinski definition) is 0. The van der Waals surface area contributed by atoms with E-state index in [1.165, 1.54) is 18.4 Å². The normalized spacial score (nSPS) is 24.6. The maximum atomic E-state index is 9.02. The standard InChI is InChI=1S/C17H24N2/c1-14(15-8-5-4-6-9-15)19-13-7-10-16(11-12-18)17(19,2)3/h4-6,8-9,14,16H,7,10-11,13H2,1-3H3. The molecule has 1 saturated heterocycles. The summed E-state index contributed by atoms with van der Waals surface area (Å²) < 4.78 is 0. The zero-order valence-electron chi connectivity index (χ0n) is 12.3. The van der Waals surface area contributed by atoms with Crippen LogP contribution in [0, 0.1) is 17.2 Å². The first kappa shape index (κ1) is 14.1. The van der Waals surface area contributed by atoms with Gasteiger partial charge in [-0.3, -0.25) is 4.90 Å². The Kier molecular flexibility index (Phi) is 4.27. The van der Waals surface area contributed by atoms with Crippen LogP contribution in [0.4, 0.5) is 0 Å². The molecule has 1 aliphatic rings. The minimum Gasteiger partial charge on any atom is -0.291 e. The van der Waals surface area contributed by atoms with Crippen LogP contribution in [0.15, 0.2) is 30.3 Å². The van der Waals surface area contributed by atoms with Gasteiger partial charge >= 0.3 is 0 Å². The van der Waals surface area contributed by atoms with Crippen molar-refractivity contribution in [2.45, 2.75) is 51.6 Å². The van der Waals surface area contributed by atoms with Gasteiger partial charge in [0.15, 0.2) is 0 Å². The van der Waals surface area contributed by atoms with Crippen molar-refractivity contribution >= 4 is 0 Å². The van der Waals surface area contributed by atoms with Gasteiger partial charge in [0.25, 0.3) is 0 Å². The first-order valence-corrected chi connectivity index (χ1v) is 7.26. The van der Waals surface area contributed by atoms with Crippen LogP contribution >= 0.6 is 0 Å². The van der Waals surface area contributed by atoms with Crippen molar-refractivity contribution in [1.29, 1.82) is 5.26 Å². The summed E-state index contributed by atoms with van der Waals surface area (Å²) in [6.45, 7) is 8.01. The first-order valence-electron chi connectivity index (χ1n) is 7.26. The summed E-state index contributed by atoms with van der Waals surface area (Å²) in [5.41, 5.74) is 1.47. The van der Waals surface area contributed by atoms with Gasteiger partial charge in [-0.2, -0.15) is 5.26 Å². The molecular weight excluding hydrogens is 232 g/mol. The summed E-state index contributed by atoms with van der Waals surface area (Å²) in [6.07, 6.45) is 3.05. The van der Waals surface area contributed by atoms with Gasteiger partial charge in [-0.15, -0.1) is 0 Å². The molecule has 0 amide bonds. The number of hydrogen-bond acceptors (Lipinski definition) is 2. The van der Waals surface area contributed by atoms with Gasteiger partial charge in [0.2, 0.25) is 0 Å². The Balaban J connectivity index is 2.21. The zero-order chi connectivity index (χ0) is 13.9. The summed E-state index contributed by atoms with van der Waals surface area (Å²) in [4.78, 5) is 2.58. The van der Waals surface area contributed by atoms with E-state index in [-0.39, 0.29) is 5.54 Å². The van der Waals surface area contributed by atoms with E-state index in [4.69, 9.17) is 5.26 Å². The molecule has 0 saturated carbocycles. The highest BCUT2D eigenvalue weighted by Crippen LogP contribution is 2.40. The molecule has 0 radical (unpaired) electrons. The lowest BCUT2D eigenvalue weighted by molar-refractivity contribution is -0.00655. The third-order valence-electron chi connectivity index (χ3n) is 4.78. The van der Waals surface area contributed by atoms with Gasteiger partial charge in [-0.25, -0.2) is 0 Å². The van der Waals surface area contributed by atoms with Crippen molar-refractivity contribution in [2.24, 2.45) is 5.92 Å². The second-order valence-corrected chi connectivity index (χ2v) is 6.14. The van der Waals surface area contributed by atoms with Gasteiger partial charge in [-0.1, -0.05) is 30.3 Å². The maximum Gasteiger partial charge on any atom is 0.0625 e. The van der Waals surface area contributed by atoms with Crippen molar-refractivity contribution < 1.29 is 0 Å². The SMILES string of the molecule is CC(c1ccccc1)N1CCCC(CC#N)C1(C)C. The molecule has 2 atom stereocenters. The Labute approximate surface area is 117 Å². The highest BCUT2D eigenvalue weighted by atomic mass is 15.2. The summed E-state index contributed by atoms with van der Waals surface area (Å²) >= 11 is 0. The number of nitrogens with zero attached hydrogens (tertiary/aromatic N) is 2. The van der Waals surface area contributed by atoms with E-state index in [2.05, 4.69) is 62.1 Å². The molecule has 0 N–H and O–H groups in total. The molecule has 2 nitrogen and oxygen atoms in total. The van der Waals surface area contributed by atoms with E-state index in [0.29, 0.717) is 18.4 Å². The lowest BCUT2D eigenvalue weighted by Gasteiger charge is -2.50. The largest absolute Gasteiger partial charge is 0.291 e. The second kappa shape index (κ2) is 5.75. The number of benzene rings is 1. The molecule has 102 valence electrons. The van der Waals surface area contributed by atoms with E-state index in [1.54, 1.807) is 0 Å². The highest BCUT2D eigenvalue weighted by molar-refractivity contribution is 5.19. The number of likely N-dealkylation sites (tertiary alicyclic amines) is 1. The van der Waals surface area contributed by atoms with Crippen molar-refractivity contribution in [1.82, 2.24) is 4.90 Å². The van der Waals surface area contributed by atoms with Crippen LogP contribution in [0.5, 0.6) is 0 Å². The number of nitriles is 1. The van der Waals surface area contributed by atoms with Crippen molar-refractivity contribution in [3.63, 3.8) is 0 Å². The average Bonchev–Trinajstić information content (AvgIpc) is 2.41. The minimum absolute atomic E-state index is 0.100. The average molecular weight is 256 g/mol. The lowest BCUT2D eigenvalue weighted by atomic mass is 9.76. The van der Waals surface area contributed by atoms with Crippen LogP contribution in [0.25, 0.3) is 0 Å². The third kappa shape index (κ3) is 2.82. The molecule has 1 heterocycles. The van der Waals surface area contributed by atoms with Crippen LogP contribution in [0.1, 0.15) is 51.6 Å². The quantitative estimate of drug-likeness (QED) is 0.812. The lowest BCUT2D eigenvalue weighted by Crippen LogP contribution is -2.53. The molecular formula is C17H24N2. The summed E-state index contributed by atoms with van der Waals surface area (Å²) in [5.74, 6) is 0.484. The van der Waals surface area contributed by atoms with Crippen molar-refractivity contribution in [3.05, 3.63) is 35.9 Å². The number of piperidine rings is 1.